The van der Waals surface area contributed by atoms with Crippen molar-refractivity contribution in [2.24, 2.45) is 23.2 Å². The summed E-state index contributed by atoms with van der Waals surface area (Å²) in [7, 11) is 0. The van der Waals surface area contributed by atoms with E-state index < -0.39 is 5.97 Å². The highest BCUT2D eigenvalue weighted by atomic mass is 32.1. The second kappa shape index (κ2) is 11.9. The van der Waals surface area contributed by atoms with Crippen molar-refractivity contribution in [1.29, 1.82) is 0 Å². The van der Waals surface area contributed by atoms with Crippen LogP contribution in [0.15, 0.2) is 6.07 Å². The lowest BCUT2D eigenvalue weighted by Crippen LogP contribution is -2.47. The van der Waals surface area contributed by atoms with Crippen LogP contribution >= 0.6 is 11.3 Å². The number of carbonyl (C=O) groups is 2. The van der Waals surface area contributed by atoms with Gasteiger partial charge >= 0.3 is 5.97 Å². The van der Waals surface area contributed by atoms with Crippen molar-refractivity contribution < 1.29 is 28.9 Å². The van der Waals surface area contributed by atoms with Crippen LogP contribution in [0.3, 0.4) is 0 Å². The Hall–Kier alpha value is -1.92. The molecule has 4 fully saturated rings. The fourth-order valence-electron chi connectivity index (χ4n) is 6.48. The molecule has 214 valence electrons. The maximum atomic E-state index is 14.1. The van der Waals surface area contributed by atoms with E-state index in [1.54, 1.807) is 0 Å². The second-order valence-corrected chi connectivity index (χ2v) is 14.0. The van der Waals surface area contributed by atoms with Gasteiger partial charge in [-0.15, -0.1) is 11.3 Å². The Bertz CT molecular complexity index is 1100. The summed E-state index contributed by atoms with van der Waals surface area (Å²) >= 11 is 1.18. The molecule has 1 amide bonds. The Balaban J connectivity index is 1.36. The molecule has 3 heterocycles. The minimum atomic E-state index is -1.000. The number of amides is 1. The third-order valence-corrected chi connectivity index (χ3v) is 9.72. The van der Waals surface area contributed by atoms with Gasteiger partial charge in [0.2, 0.25) is 5.91 Å². The van der Waals surface area contributed by atoms with Gasteiger partial charge in [0.25, 0.3) is 0 Å². The van der Waals surface area contributed by atoms with Crippen LogP contribution in [0.2, 0.25) is 0 Å². The Morgan fingerprint density at radius 2 is 1.77 bits per heavy atom. The van der Waals surface area contributed by atoms with E-state index in [4.69, 9.17) is 14.2 Å². The van der Waals surface area contributed by atoms with Gasteiger partial charge in [0, 0.05) is 23.3 Å². The van der Waals surface area contributed by atoms with Gasteiger partial charge in [-0.25, -0.2) is 4.79 Å². The van der Waals surface area contributed by atoms with Crippen molar-refractivity contribution in [2.75, 3.05) is 18.1 Å². The molecule has 2 saturated carbocycles. The van der Waals surface area contributed by atoms with Gasteiger partial charge in [-0.3, -0.25) is 4.79 Å². The van der Waals surface area contributed by atoms with Gasteiger partial charge in [0.1, 0.15) is 4.88 Å². The maximum Gasteiger partial charge on any atom is 0.348 e. The van der Waals surface area contributed by atoms with Crippen molar-refractivity contribution in [3.63, 3.8) is 0 Å². The van der Waals surface area contributed by atoms with Crippen LogP contribution in [0.25, 0.3) is 0 Å². The number of hydrogen-bond donors (Lipinski definition) is 1. The number of thiophene rings is 1. The van der Waals surface area contributed by atoms with Gasteiger partial charge in [-0.2, -0.15) is 0 Å². The summed E-state index contributed by atoms with van der Waals surface area (Å²) in [5.74, 6) is 6.36. The molecule has 2 aliphatic carbocycles. The lowest BCUT2D eigenvalue weighted by Gasteiger charge is -2.40. The molecule has 2 aliphatic heterocycles. The summed E-state index contributed by atoms with van der Waals surface area (Å²) < 4.78 is 17.9. The van der Waals surface area contributed by atoms with E-state index >= 15 is 0 Å². The Kier molecular flexibility index (Phi) is 8.73. The highest BCUT2D eigenvalue weighted by molar-refractivity contribution is 7.15. The van der Waals surface area contributed by atoms with Crippen LogP contribution in [-0.4, -0.2) is 54.7 Å². The molecule has 7 nitrogen and oxygen atoms in total. The molecule has 0 aromatic carbocycles. The summed E-state index contributed by atoms with van der Waals surface area (Å²) in [6, 6.07) is 1.80. The lowest BCUT2D eigenvalue weighted by atomic mass is 9.81. The van der Waals surface area contributed by atoms with Crippen molar-refractivity contribution >= 4 is 28.9 Å². The number of carbonyl (C=O) groups excluding carboxylic acids is 1. The molecule has 3 atom stereocenters. The number of carboxylic acids is 1. The molecule has 1 N–H and O–H groups in total. The van der Waals surface area contributed by atoms with Crippen LogP contribution in [0.1, 0.15) is 100 Å². The molecule has 1 aromatic heterocycles. The number of nitrogens with zero attached hydrogens (tertiary/aromatic N) is 1. The first-order valence-electron chi connectivity index (χ1n) is 14.7. The smallest absolute Gasteiger partial charge is 0.348 e. The van der Waals surface area contributed by atoms with Crippen LogP contribution in [0.5, 0.6) is 0 Å². The van der Waals surface area contributed by atoms with Gasteiger partial charge in [0.05, 0.1) is 36.0 Å². The quantitative estimate of drug-likeness (QED) is 0.426. The normalized spacial score (nSPS) is 32.8. The van der Waals surface area contributed by atoms with Crippen LogP contribution < -0.4 is 4.90 Å². The largest absolute Gasteiger partial charge is 0.477 e. The third-order valence-electron chi connectivity index (χ3n) is 8.69. The SMILES string of the molecule is CC(C)(C)C#Cc1cc(N(C(=O)[C@H]2CC[C@H](C)CC2)C2CCC(OC3CO[C@H]4OCC[C@@H]34)CC2)c(C(=O)O)s1. The van der Waals surface area contributed by atoms with E-state index in [1.165, 1.54) is 11.3 Å². The summed E-state index contributed by atoms with van der Waals surface area (Å²) in [6.07, 6.45) is 8.11. The summed E-state index contributed by atoms with van der Waals surface area (Å²) in [5, 5.41) is 10.1. The van der Waals surface area contributed by atoms with Gasteiger partial charge in [0.15, 0.2) is 6.29 Å². The monoisotopic (exact) mass is 557 g/mol. The van der Waals surface area contributed by atoms with Crippen LogP contribution in [-0.2, 0) is 19.0 Å². The molecule has 0 spiro atoms. The number of fused-ring (bicyclic) bond motifs is 1. The summed E-state index contributed by atoms with van der Waals surface area (Å²) in [4.78, 5) is 29.3. The van der Waals surface area contributed by atoms with E-state index in [2.05, 4.69) is 18.8 Å². The van der Waals surface area contributed by atoms with E-state index in [0.717, 1.165) is 64.4 Å². The molecule has 0 bridgehead atoms. The van der Waals surface area contributed by atoms with Crippen LogP contribution in [0, 0.1) is 35.0 Å². The molecular weight excluding hydrogens is 514 g/mol. The molecule has 0 radical (unpaired) electrons. The van der Waals surface area contributed by atoms with Crippen molar-refractivity contribution in [3.05, 3.63) is 15.8 Å². The lowest BCUT2D eigenvalue weighted by molar-refractivity contribution is -0.124. The van der Waals surface area contributed by atoms with Crippen LogP contribution in [0.4, 0.5) is 5.69 Å². The van der Waals surface area contributed by atoms with Crippen molar-refractivity contribution in [2.45, 2.75) is 110 Å². The van der Waals surface area contributed by atoms with Crippen molar-refractivity contribution in [3.8, 4) is 11.8 Å². The number of ether oxygens (including phenoxy) is 3. The molecule has 39 heavy (non-hydrogen) atoms. The number of anilines is 1. The molecule has 8 heteroatoms. The van der Waals surface area contributed by atoms with Gasteiger partial charge in [-0.05, 0) is 90.5 Å². The second-order valence-electron chi connectivity index (χ2n) is 12.9. The zero-order chi connectivity index (χ0) is 27.7. The topological polar surface area (TPSA) is 85.3 Å². The fourth-order valence-corrected chi connectivity index (χ4v) is 7.32. The minimum Gasteiger partial charge on any atom is -0.477 e. The van der Waals surface area contributed by atoms with Gasteiger partial charge in [-0.1, -0.05) is 18.8 Å². The van der Waals surface area contributed by atoms with E-state index in [1.807, 2.05) is 31.7 Å². The molecule has 5 rings (SSSR count). The van der Waals surface area contributed by atoms with Crippen molar-refractivity contribution in [1.82, 2.24) is 0 Å². The first kappa shape index (κ1) is 28.6. The highest BCUT2D eigenvalue weighted by Gasteiger charge is 2.44. The molecule has 2 saturated heterocycles. The fraction of sp³-hybridized carbons (Fsp3) is 0.742. The number of carboxylic acid groups (broad SMARTS) is 1. The molecule has 4 aliphatic rings. The molecule has 1 unspecified atom stereocenters. The zero-order valence-corrected chi connectivity index (χ0v) is 24.6. The maximum absolute atomic E-state index is 14.1. The predicted octanol–water partition coefficient (Wildman–Crippen LogP) is 6.09. The Morgan fingerprint density at radius 3 is 2.44 bits per heavy atom. The van der Waals surface area contributed by atoms with E-state index in [9.17, 15) is 14.7 Å². The minimum absolute atomic E-state index is 0.0461. The molecular formula is C31H43NO6S. The Morgan fingerprint density at radius 1 is 1.05 bits per heavy atom. The number of rotatable bonds is 6. The van der Waals surface area contributed by atoms with E-state index in [-0.39, 0.29) is 46.7 Å². The first-order valence-corrected chi connectivity index (χ1v) is 15.5. The number of hydrogen-bond acceptors (Lipinski definition) is 6. The number of aromatic carboxylic acids is 1. The summed E-state index contributed by atoms with van der Waals surface area (Å²) in [5.41, 5.74) is 0.323. The highest BCUT2D eigenvalue weighted by Crippen LogP contribution is 2.40. The first-order chi connectivity index (χ1) is 18.6. The van der Waals surface area contributed by atoms with Gasteiger partial charge < -0.3 is 24.2 Å². The average molecular weight is 558 g/mol. The van der Waals surface area contributed by atoms with E-state index in [0.29, 0.717) is 29.0 Å². The third kappa shape index (κ3) is 6.70. The zero-order valence-electron chi connectivity index (χ0n) is 23.7. The Labute approximate surface area is 236 Å². The molecule has 1 aromatic rings. The standard InChI is InChI=1S/C31H43NO6S/c1-19-5-7-20(8-6-19)28(33)32(25-17-23(13-15-31(2,3)4)39-27(25)29(34)35)21-9-11-22(12-10-21)38-26-18-37-30-24(26)14-16-36-30/h17,19-22,24,26,30H,5-12,14,16,18H2,1-4H3,(H,34,35)/t19-,20-,21?,22?,24-,26?,30+/m0/s1. The average Bonchev–Trinajstić information content (AvgIpc) is 3.62. The summed E-state index contributed by atoms with van der Waals surface area (Å²) in [6.45, 7) is 9.65. The predicted molar refractivity (Wildman–Crippen MR) is 151 cm³/mol.